The molecule has 29 heavy (non-hydrogen) atoms. The Morgan fingerprint density at radius 2 is 1.86 bits per heavy atom. The Bertz CT molecular complexity index is 1140. The fraction of sp³-hybridized carbons (Fsp3) is 0.263. The molecule has 0 aliphatic carbocycles. The van der Waals surface area contributed by atoms with E-state index in [9.17, 15) is 19.3 Å². The summed E-state index contributed by atoms with van der Waals surface area (Å²) in [5.41, 5.74) is -0.213. The lowest BCUT2D eigenvalue weighted by atomic mass is 10.2. The van der Waals surface area contributed by atoms with Crippen molar-refractivity contribution in [3.63, 3.8) is 0 Å². The molecular formula is C19H18FN5O4. The highest BCUT2D eigenvalue weighted by atomic mass is 19.1. The Morgan fingerprint density at radius 1 is 1.14 bits per heavy atom. The van der Waals surface area contributed by atoms with Crippen molar-refractivity contribution in [3.8, 4) is 5.75 Å². The highest BCUT2D eigenvalue weighted by Crippen LogP contribution is 2.27. The zero-order chi connectivity index (χ0) is 20.5. The van der Waals surface area contributed by atoms with Crippen LogP contribution in [0.3, 0.4) is 0 Å². The second kappa shape index (κ2) is 7.38. The Balaban J connectivity index is 1.62. The minimum absolute atomic E-state index is 0.0618. The van der Waals surface area contributed by atoms with Gasteiger partial charge >= 0.3 is 11.2 Å². The summed E-state index contributed by atoms with van der Waals surface area (Å²) in [6.07, 6.45) is 1.46. The number of benzene rings is 1. The molecule has 10 heteroatoms. The molecule has 3 aromatic rings. The van der Waals surface area contributed by atoms with Crippen LogP contribution in [0.2, 0.25) is 0 Å². The van der Waals surface area contributed by atoms with E-state index in [4.69, 9.17) is 4.74 Å². The number of aromatic nitrogens is 2. The monoisotopic (exact) mass is 399 g/mol. The number of hydrogen-bond acceptors (Lipinski definition) is 7. The number of rotatable bonds is 4. The highest BCUT2D eigenvalue weighted by Gasteiger charge is 2.30. The SMILES string of the molecule is COc1ccc(N2CCN(c3nc4ccccn4c(=O)c3[N+](=O)[O-])CC2)cc1F. The first-order valence-electron chi connectivity index (χ1n) is 8.99. The van der Waals surface area contributed by atoms with Crippen molar-refractivity contribution in [2.45, 2.75) is 0 Å². The average molecular weight is 399 g/mol. The fourth-order valence-electron chi connectivity index (χ4n) is 3.48. The molecule has 1 aromatic carbocycles. The van der Waals surface area contributed by atoms with Crippen molar-refractivity contribution in [3.05, 3.63) is 68.9 Å². The van der Waals surface area contributed by atoms with Gasteiger partial charge in [0.1, 0.15) is 5.65 Å². The number of piperazine rings is 1. The van der Waals surface area contributed by atoms with E-state index in [1.165, 1.54) is 19.4 Å². The number of nitro groups is 1. The Labute approximate surface area is 164 Å². The number of pyridine rings is 1. The molecule has 9 nitrogen and oxygen atoms in total. The minimum atomic E-state index is -0.713. The molecule has 0 atom stereocenters. The van der Waals surface area contributed by atoms with Crippen molar-refractivity contribution < 1.29 is 14.1 Å². The lowest BCUT2D eigenvalue weighted by molar-refractivity contribution is -0.385. The summed E-state index contributed by atoms with van der Waals surface area (Å²) in [4.78, 5) is 31.6. The summed E-state index contributed by atoms with van der Waals surface area (Å²) < 4.78 is 20.1. The highest BCUT2D eigenvalue weighted by molar-refractivity contribution is 5.62. The molecule has 0 radical (unpaired) electrons. The Kier molecular flexibility index (Phi) is 4.75. The first-order valence-corrected chi connectivity index (χ1v) is 8.99. The van der Waals surface area contributed by atoms with Crippen LogP contribution in [0.5, 0.6) is 5.75 Å². The molecule has 0 amide bonds. The molecule has 1 aliphatic rings. The van der Waals surface area contributed by atoms with E-state index >= 15 is 0 Å². The van der Waals surface area contributed by atoms with Gasteiger partial charge in [0.15, 0.2) is 11.6 Å². The molecule has 0 spiro atoms. The van der Waals surface area contributed by atoms with Crippen molar-refractivity contribution >= 4 is 22.8 Å². The predicted octanol–water partition coefficient (Wildman–Crippen LogP) is 2.08. The number of nitrogens with zero attached hydrogens (tertiary/aromatic N) is 5. The molecular weight excluding hydrogens is 381 g/mol. The predicted molar refractivity (Wildman–Crippen MR) is 105 cm³/mol. The number of halogens is 1. The summed E-state index contributed by atoms with van der Waals surface area (Å²) in [5.74, 6) is -0.220. The lowest BCUT2D eigenvalue weighted by Gasteiger charge is -2.36. The largest absolute Gasteiger partial charge is 0.494 e. The molecule has 0 saturated carbocycles. The standard InChI is InChI=1S/C19H18FN5O4/c1-29-15-6-5-13(12-14(15)20)22-8-10-23(11-9-22)18-17(25(27)28)19(26)24-7-3-2-4-16(24)21-18/h2-7,12H,8-11H2,1H3. The topological polar surface area (TPSA) is 93.2 Å². The quantitative estimate of drug-likeness (QED) is 0.490. The van der Waals surface area contributed by atoms with Gasteiger partial charge in [0.25, 0.3) is 0 Å². The van der Waals surface area contributed by atoms with Gasteiger partial charge in [-0.25, -0.2) is 9.37 Å². The molecule has 3 heterocycles. The van der Waals surface area contributed by atoms with Crippen LogP contribution in [-0.2, 0) is 0 Å². The van der Waals surface area contributed by atoms with Crippen molar-refractivity contribution in [1.29, 1.82) is 0 Å². The number of anilines is 2. The maximum absolute atomic E-state index is 14.0. The number of fused-ring (bicyclic) bond motifs is 1. The van der Waals surface area contributed by atoms with Gasteiger partial charge in [0, 0.05) is 44.1 Å². The summed E-state index contributed by atoms with van der Waals surface area (Å²) in [6.45, 7) is 1.81. The van der Waals surface area contributed by atoms with Crippen molar-refractivity contribution in [2.24, 2.45) is 0 Å². The summed E-state index contributed by atoms with van der Waals surface area (Å²) in [5, 5.41) is 11.6. The Hall–Kier alpha value is -3.69. The average Bonchev–Trinajstić information content (AvgIpc) is 2.73. The van der Waals surface area contributed by atoms with Crippen LogP contribution in [0.4, 0.5) is 21.6 Å². The maximum atomic E-state index is 14.0. The molecule has 0 bridgehead atoms. The van der Waals surface area contributed by atoms with Crippen LogP contribution in [0.15, 0.2) is 47.4 Å². The van der Waals surface area contributed by atoms with E-state index in [0.717, 1.165) is 4.40 Å². The fourth-order valence-corrected chi connectivity index (χ4v) is 3.48. The van der Waals surface area contributed by atoms with Gasteiger partial charge in [-0.2, -0.15) is 0 Å². The third-order valence-corrected chi connectivity index (χ3v) is 4.95. The van der Waals surface area contributed by atoms with Gasteiger partial charge in [-0.15, -0.1) is 0 Å². The molecule has 0 N–H and O–H groups in total. The molecule has 150 valence electrons. The van der Waals surface area contributed by atoms with E-state index in [0.29, 0.717) is 37.5 Å². The molecule has 1 fully saturated rings. The third-order valence-electron chi connectivity index (χ3n) is 4.95. The molecule has 1 saturated heterocycles. The lowest BCUT2D eigenvalue weighted by Crippen LogP contribution is -2.47. The van der Waals surface area contributed by atoms with Crippen LogP contribution >= 0.6 is 0 Å². The first kappa shape index (κ1) is 18.7. The second-order valence-corrected chi connectivity index (χ2v) is 6.57. The minimum Gasteiger partial charge on any atom is -0.494 e. The first-order chi connectivity index (χ1) is 14.0. The summed E-state index contributed by atoms with van der Waals surface area (Å²) in [6, 6.07) is 9.69. The van der Waals surface area contributed by atoms with Gasteiger partial charge in [-0.1, -0.05) is 6.07 Å². The second-order valence-electron chi connectivity index (χ2n) is 6.57. The molecule has 2 aromatic heterocycles. The molecule has 1 aliphatic heterocycles. The zero-order valence-electron chi connectivity index (χ0n) is 15.6. The van der Waals surface area contributed by atoms with Crippen molar-refractivity contribution in [2.75, 3.05) is 43.1 Å². The van der Waals surface area contributed by atoms with Gasteiger partial charge in [0.05, 0.1) is 12.0 Å². The number of hydrogen-bond donors (Lipinski definition) is 0. The van der Waals surface area contributed by atoms with Crippen LogP contribution in [0.25, 0.3) is 5.65 Å². The summed E-state index contributed by atoms with van der Waals surface area (Å²) >= 11 is 0. The van der Waals surface area contributed by atoms with E-state index in [-0.39, 0.29) is 11.6 Å². The van der Waals surface area contributed by atoms with Crippen LogP contribution < -0.4 is 20.1 Å². The van der Waals surface area contributed by atoms with Gasteiger partial charge in [-0.05, 0) is 24.3 Å². The van der Waals surface area contributed by atoms with E-state index < -0.39 is 22.0 Å². The maximum Gasteiger partial charge on any atom is 0.376 e. The van der Waals surface area contributed by atoms with Crippen LogP contribution in [-0.4, -0.2) is 47.6 Å². The van der Waals surface area contributed by atoms with Crippen LogP contribution in [0.1, 0.15) is 0 Å². The van der Waals surface area contributed by atoms with Gasteiger partial charge in [-0.3, -0.25) is 19.3 Å². The summed E-state index contributed by atoms with van der Waals surface area (Å²) in [7, 11) is 1.41. The van der Waals surface area contributed by atoms with E-state index in [2.05, 4.69) is 4.98 Å². The van der Waals surface area contributed by atoms with Crippen molar-refractivity contribution in [1.82, 2.24) is 9.38 Å². The van der Waals surface area contributed by atoms with E-state index in [1.807, 2.05) is 4.90 Å². The number of methoxy groups -OCH3 is 1. The van der Waals surface area contributed by atoms with Crippen LogP contribution in [0, 0.1) is 15.9 Å². The normalized spacial score (nSPS) is 14.3. The number of ether oxygens (including phenoxy) is 1. The molecule has 4 rings (SSSR count). The molecule has 0 unspecified atom stereocenters. The zero-order valence-corrected chi connectivity index (χ0v) is 15.6. The van der Waals surface area contributed by atoms with Gasteiger partial charge < -0.3 is 14.5 Å². The Morgan fingerprint density at radius 3 is 2.52 bits per heavy atom. The smallest absolute Gasteiger partial charge is 0.376 e. The van der Waals surface area contributed by atoms with E-state index in [1.54, 1.807) is 35.2 Å². The van der Waals surface area contributed by atoms with Gasteiger partial charge in [0.2, 0.25) is 5.82 Å². The third kappa shape index (κ3) is 3.33.